The molecule has 3 aromatic carbocycles. The number of ether oxygens (including phenoxy) is 1. The molecule has 0 unspecified atom stereocenters. The first-order valence-electron chi connectivity index (χ1n) is 15.2. The summed E-state index contributed by atoms with van der Waals surface area (Å²) in [6.07, 6.45) is 6.30. The minimum absolute atomic E-state index is 0.0769. The van der Waals surface area contributed by atoms with E-state index >= 15 is 0 Å². The van der Waals surface area contributed by atoms with Crippen molar-refractivity contribution in [2.45, 2.75) is 81.3 Å². The Hall–Kier alpha value is -3.50. The van der Waals surface area contributed by atoms with Crippen LogP contribution in [0.15, 0.2) is 82.6 Å². The number of thioether (sulfide) groups is 1. The number of carbonyl (C=O) groups is 2. The predicted octanol–water partition coefficient (Wildman–Crippen LogP) is 6.18. The third kappa shape index (κ3) is 8.35. The zero-order chi connectivity index (χ0) is 31.7. The van der Waals surface area contributed by atoms with Gasteiger partial charge in [0.15, 0.2) is 0 Å². The Bertz CT molecular complexity index is 1490. The van der Waals surface area contributed by atoms with E-state index in [1.807, 2.05) is 51.3 Å². The zero-order valence-corrected chi connectivity index (χ0v) is 27.6. The Morgan fingerprint density at radius 1 is 0.955 bits per heavy atom. The van der Waals surface area contributed by atoms with Crippen LogP contribution in [-0.4, -0.2) is 56.6 Å². The summed E-state index contributed by atoms with van der Waals surface area (Å²) in [4.78, 5) is 30.4. The summed E-state index contributed by atoms with van der Waals surface area (Å²) in [7, 11) is -4.15. The molecule has 1 aliphatic rings. The quantitative estimate of drug-likeness (QED) is 0.212. The topological polar surface area (TPSA) is 96.0 Å². The highest BCUT2D eigenvalue weighted by Crippen LogP contribution is 2.28. The number of benzene rings is 3. The molecule has 0 saturated heterocycles. The van der Waals surface area contributed by atoms with E-state index in [0.717, 1.165) is 46.0 Å². The number of rotatable bonds is 14. The molecule has 0 aliphatic heterocycles. The standard InChI is InChI=1S/C34H43N3O5S2/c1-5-32(34(39)35-27-9-7-8-10-27)36(23-26-13-11-25(3)12-14-26)33(38)24-37(28-15-17-29(18-16-28)42-6-2)44(40,41)31-21-19-30(43-4)20-22-31/h11-22,27,32H,5-10,23-24H2,1-4H3,(H,35,39)/t32-/m0/s1. The van der Waals surface area contributed by atoms with Crippen molar-refractivity contribution in [3.63, 3.8) is 0 Å². The number of nitrogens with one attached hydrogen (secondary N) is 1. The third-order valence-corrected chi connectivity index (χ3v) is 10.5. The Kier molecular flexibility index (Phi) is 11.7. The van der Waals surface area contributed by atoms with Crippen LogP contribution in [-0.2, 0) is 26.2 Å². The number of nitrogens with zero attached hydrogens (tertiary/aromatic N) is 2. The predicted molar refractivity (Wildman–Crippen MR) is 177 cm³/mol. The van der Waals surface area contributed by atoms with E-state index in [1.165, 1.54) is 16.7 Å². The average Bonchev–Trinajstić information content (AvgIpc) is 3.54. The van der Waals surface area contributed by atoms with Gasteiger partial charge in [-0.05, 0) is 93.5 Å². The Morgan fingerprint density at radius 2 is 1.59 bits per heavy atom. The molecule has 0 heterocycles. The van der Waals surface area contributed by atoms with Crippen LogP contribution in [0.2, 0.25) is 0 Å². The number of amides is 2. The molecule has 0 aromatic heterocycles. The minimum Gasteiger partial charge on any atom is -0.494 e. The molecule has 0 bridgehead atoms. The molecule has 1 N–H and O–H groups in total. The van der Waals surface area contributed by atoms with Gasteiger partial charge in [0, 0.05) is 17.5 Å². The molecule has 1 fully saturated rings. The van der Waals surface area contributed by atoms with E-state index in [4.69, 9.17) is 4.74 Å². The summed E-state index contributed by atoms with van der Waals surface area (Å²) in [6, 6.07) is 20.4. The van der Waals surface area contributed by atoms with Gasteiger partial charge in [-0.15, -0.1) is 11.8 Å². The van der Waals surface area contributed by atoms with Gasteiger partial charge in [-0.1, -0.05) is 49.6 Å². The van der Waals surface area contributed by atoms with Crippen molar-refractivity contribution < 1.29 is 22.7 Å². The normalized spacial score (nSPS) is 14.2. The van der Waals surface area contributed by atoms with Gasteiger partial charge in [-0.2, -0.15) is 0 Å². The van der Waals surface area contributed by atoms with E-state index in [9.17, 15) is 18.0 Å². The first kappa shape index (κ1) is 33.4. The molecule has 0 radical (unpaired) electrons. The molecule has 10 heteroatoms. The van der Waals surface area contributed by atoms with E-state index in [0.29, 0.717) is 24.5 Å². The lowest BCUT2D eigenvalue weighted by Gasteiger charge is -2.34. The molecule has 8 nitrogen and oxygen atoms in total. The number of hydrogen-bond acceptors (Lipinski definition) is 6. The van der Waals surface area contributed by atoms with Crippen LogP contribution in [0.4, 0.5) is 5.69 Å². The first-order valence-corrected chi connectivity index (χ1v) is 17.9. The Labute approximate surface area is 266 Å². The maximum Gasteiger partial charge on any atom is 0.264 e. The van der Waals surface area contributed by atoms with Crippen LogP contribution in [0.3, 0.4) is 0 Å². The molecule has 44 heavy (non-hydrogen) atoms. The number of hydrogen-bond donors (Lipinski definition) is 1. The lowest BCUT2D eigenvalue weighted by molar-refractivity contribution is -0.140. The summed E-state index contributed by atoms with van der Waals surface area (Å²) in [5.41, 5.74) is 2.27. The van der Waals surface area contributed by atoms with Crippen molar-refractivity contribution in [1.29, 1.82) is 0 Å². The summed E-state index contributed by atoms with van der Waals surface area (Å²) in [5.74, 6) is -0.0694. The van der Waals surface area contributed by atoms with Crippen LogP contribution >= 0.6 is 11.8 Å². The fourth-order valence-corrected chi connectivity index (χ4v) is 7.28. The molecule has 0 spiro atoms. The Balaban J connectivity index is 1.71. The van der Waals surface area contributed by atoms with Crippen LogP contribution in [0.5, 0.6) is 5.75 Å². The summed E-state index contributed by atoms with van der Waals surface area (Å²) in [6.45, 7) is 5.91. The number of anilines is 1. The van der Waals surface area contributed by atoms with Gasteiger partial charge in [-0.25, -0.2) is 8.42 Å². The lowest BCUT2D eigenvalue weighted by Crippen LogP contribution is -2.53. The van der Waals surface area contributed by atoms with Gasteiger partial charge in [0.2, 0.25) is 11.8 Å². The summed E-state index contributed by atoms with van der Waals surface area (Å²) < 4.78 is 35.0. The second-order valence-corrected chi connectivity index (χ2v) is 13.8. The van der Waals surface area contributed by atoms with Gasteiger partial charge in [0.05, 0.1) is 17.2 Å². The van der Waals surface area contributed by atoms with E-state index in [2.05, 4.69) is 5.32 Å². The van der Waals surface area contributed by atoms with Gasteiger partial charge in [0.1, 0.15) is 18.3 Å². The van der Waals surface area contributed by atoms with Crippen molar-refractivity contribution in [2.24, 2.45) is 0 Å². The van der Waals surface area contributed by atoms with Crippen LogP contribution in [0.1, 0.15) is 57.1 Å². The highest BCUT2D eigenvalue weighted by atomic mass is 32.2. The summed E-state index contributed by atoms with van der Waals surface area (Å²) >= 11 is 1.51. The Morgan fingerprint density at radius 3 is 2.16 bits per heavy atom. The second-order valence-electron chi connectivity index (χ2n) is 11.0. The van der Waals surface area contributed by atoms with Gasteiger partial charge >= 0.3 is 0 Å². The molecule has 1 atom stereocenters. The van der Waals surface area contributed by atoms with E-state index < -0.39 is 28.5 Å². The molecule has 3 aromatic rings. The molecule has 1 saturated carbocycles. The second kappa shape index (κ2) is 15.5. The molecular weight excluding hydrogens is 595 g/mol. The number of sulfonamides is 1. The maximum absolute atomic E-state index is 14.3. The SMILES string of the molecule is CCOc1ccc(N(CC(=O)N(Cc2ccc(C)cc2)[C@@H](CC)C(=O)NC2CCCC2)S(=O)(=O)c2ccc(SC)cc2)cc1. The van der Waals surface area contributed by atoms with Crippen LogP contribution in [0.25, 0.3) is 0 Å². The van der Waals surface area contributed by atoms with Crippen molar-refractivity contribution in [1.82, 2.24) is 10.2 Å². The number of aryl methyl sites for hydroxylation is 1. The molecular formula is C34H43N3O5S2. The third-order valence-electron chi connectivity index (χ3n) is 7.92. The fourth-order valence-electron chi connectivity index (χ4n) is 5.46. The first-order chi connectivity index (χ1) is 21.2. The highest BCUT2D eigenvalue weighted by Gasteiger charge is 2.34. The molecule has 236 valence electrons. The van der Waals surface area contributed by atoms with Gasteiger partial charge < -0.3 is 15.0 Å². The van der Waals surface area contributed by atoms with Crippen molar-refractivity contribution in [3.8, 4) is 5.75 Å². The van der Waals surface area contributed by atoms with Crippen molar-refractivity contribution >= 4 is 39.3 Å². The minimum atomic E-state index is -4.15. The van der Waals surface area contributed by atoms with Gasteiger partial charge in [-0.3, -0.25) is 13.9 Å². The largest absolute Gasteiger partial charge is 0.494 e. The average molecular weight is 638 g/mol. The van der Waals surface area contributed by atoms with Crippen molar-refractivity contribution in [2.75, 3.05) is 23.7 Å². The fraction of sp³-hybridized carbons (Fsp3) is 0.412. The van der Waals surface area contributed by atoms with Crippen molar-refractivity contribution in [3.05, 3.63) is 83.9 Å². The smallest absolute Gasteiger partial charge is 0.264 e. The van der Waals surface area contributed by atoms with Crippen LogP contribution < -0.4 is 14.4 Å². The lowest BCUT2D eigenvalue weighted by atomic mass is 10.1. The van der Waals surface area contributed by atoms with E-state index in [1.54, 1.807) is 48.5 Å². The molecule has 1 aliphatic carbocycles. The molecule has 2 amide bonds. The summed E-state index contributed by atoms with van der Waals surface area (Å²) in [5, 5.41) is 3.15. The van der Waals surface area contributed by atoms with Crippen LogP contribution in [0, 0.1) is 6.92 Å². The zero-order valence-electron chi connectivity index (χ0n) is 26.0. The highest BCUT2D eigenvalue weighted by molar-refractivity contribution is 7.98. The van der Waals surface area contributed by atoms with Gasteiger partial charge in [0.25, 0.3) is 10.0 Å². The molecule has 4 rings (SSSR count). The number of carbonyl (C=O) groups excluding carboxylic acids is 2. The van der Waals surface area contributed by atoms with E-state index in [-0.39, 0.29) is 23.4 Å². The monoisotopic (exact) mass is 637 g/mol. The maximum atomic E-state index is 14.3.